The molecule has 0 fully saturated rings. The van der Waals surface area contributed by atoms with Crippen LogP contribution in [0.3, 0.4) is 0 Å². The molecular weight excluding hydrogens is 436 g/mol. The number of hydrogen-bond donors (Lipinski definition) is 2. The predicted octanol–water partition coefficient (Wildman–Crippen LogP) is 3.59. The highest BCUT2D eigenvalue weighted by Gasteiger charge is 2.21. The fourth-order valence-corrected chi connectivity index (χ4v) is 5.10. The van der Waals surface area contributed by atoms with E-state index in [-0.39, 0.29) is 23.0 Å². The van der Waals surface area contributed by atoms with Crippen molar-refractivity contribution in [3.05, 3.63) is 41.4 Å². The number of carbonyl (C=O) groups is 2. The number of thioether (sulfide) groups is 1. The molecule has 0 saturated carbocycles. The van der Waals surface area contributed by atoms with Crippen LogP contribution in [0.25, 0.3) is 0 Å². The Hall–Kier alpha value is -2.23. The first-order chi connectivity index (χ1) is 13.8. The summed E-state index contributed by atoms with van der Waals surface area (Å²) in [6, 6.07) is 9.37. The lowest BCUT2D eigenvalue weighted by Crippen LogP contribution is -2.18. The van der Waals surface area contributed by atoms with Gasteiger partial charge in [-0.3, -0.25) is 9.59 Å². The number of amides is 2. The van der Waals surface area contributed by atoms with E-state index in [0.29, 0.717) is 34.3 Å². The summed E-state index contributed by atoms with van der Waals surface area (Å²) >= 11 is 7.42. The van der Waals surface area contributed by atoms with Gasteiger partial charge in [-0.1, -0.05) is 11.6 Å². The SMILES string of the molecule is COc1ccc(Cl)cc1NC(=O)CCS(=O)(=O)c1ccc2c(c1)NC(=O)CCS2. The number of carbonyl (C=O) groups excluding carboxylic acids is 2. The van der Waals surface area contributed by atoms with Crippen LogP contribution in [0.5, 0.6) is 5.75 Å². The number of nitrogens with one attached hydrogen (secondary N) is 2. The Morgan fingerprint density at radius 1 is 1.28 bits per heavy atom. The third-order valence-electron chi connectivity index (χ3n) is 4.20. The van der Waals surface area contributed by atoms with E-state index in [0.717, 1.165) is 4.90 Å². The summed E-state index contributed by atoms with van der Waals surface area (Å²) in [5, 5.41) is 5.75. The second-order valence-electron chi connectivity index (χ2n) is 6.27. The average Bonchev–Trinajstić information content (AvgIpc) is 2.86. The van der Waals surface area contributed by atoms with Crippen LogP contribution >= 0.6 is 23.4 Å². The van der Waals surface area contributed by atoms with Gasteiger partial charge in [-0.05, 0) is 36.4 Å². The van der Waals surface area contributed by atoms with Crippen molar-refractivity contribution in [3.8, 4) is 5.75 Å². The quantitative estimate of drug-likeness (QED) is 0.691. The number of fused-ring (bicyclic) bond motifs is 1. The molecule has 2 amide bonds. The molecule has 7 nitrogen and oxygen atoms in total. The first-order valence-corrected chi connectivity index (χ1v) is 11.7. The molecule has 0 radical (unpaired) electrons. The molecule has 0 aliphatic carbocycles. The number of rotatable bonds is 6. The Labute approximate surface area is 178 Å². The molecule has 154 valence electrons. The maximum absolute atomic E-state index is 12.7. The second-order valence-corrected chi connectivity index (χ2v) is 9.95. The zero-order valence-corrected chi connectivity index (χ0v) is 17.9. The highest BCUT2D eigenvalue weighted by atomic mass is 35.5. The van der Waals surface area contributed by atoms with Crippen LogP contribution in [0.1, 0.15) is 12.8 Å². The second kappa shape index (κ2) is 9.06. The molecule has 2 aromatic rings. The lowest BCUT2D eigenvalue weighted by Gasteiger charge is -2.12. The first kappa shape index (κ1) is 21.5. The summed E-state index contributed by atoms with van der Waals surface area (Å²) in [5.41, 5.74) is 0.846. The molecule has 1 aliphatic heterocycles. The van der Waals surface area contributed by atoms with Crippen molar-refractivity contribution in [3.63, 3.8) is 0 Å². The molecule has 1 heterocycles. The van der Waals surface area contributed by atoms with Crippen LogP contribution in [0.15, 0.2) is 46.2 Å². The van der Waals surface area contributed by atoms with E-state index >= 15 is 0 Å². The summed E-state index contributed by atoms with van der Waals surface area (Å²) in [6.07, 6.45) is 0.130. The van der Waals surface area contributed by atoms with Crippen molar-refractivity contribution < 1.29 is 22.7 Å². The molecule has 1 aliphatic rings. The van der Waals surface area contributed by atoms with Crippen LogP contribution in [-0.2, 0) is 19.4 Å². The van der Waals surface area contributed by atoms with Gasteiger partial charge in [0, 0.05) is 28.5 Å². The Morgan fingerprint density at radius 2 is 2.07 bits per heavy atom. The summed E-state index contributed by atoms with van der Waals surface area (Å²) in [6.45, 7) is 0. The number of sulfone groups is 1. The lowest BCUT2D eigenvalue weighted by atomic mass is 10.3. The van der Waals surface area contributed by atoms with E-state index < -0.39 is 15.7 Å². The van der Waals surface area contributed by atoms with Crippen molar-refractivity contribution in [2.75, 3.05) is 29.2 Å². The average molecular weight is 455 g/mol. The van der Waals surface area contributed by atoms with Crippen LogP contribution in [0, 0.1) is 0 Å². The number of anilines is 2. The number of methoxy groups -OCH3 is 1. The van der Waals surface area contributed by atoms with E-state index in [1.54, 1.807) is 18.2 Å². The molecule has 10 heteroatoms. The van der Waals surface area contributed by atoms with Crippen molar-refractivity contribution >= 4 is 56.4 Å². The smallest absolute Gasteiger partial charge is 0.225 e. The van der Waals surface area contributed by atoms with Crippen LogP contribution in [-0.4, -0.2) is 38.8 Å². The fraction of sp³-hybridized carbons (Fsp3) is 0.263. The highest BCUT2D eigenvalue weighted by Crippen LogP contribution is 2.33. The highest BCUT2D eigenvalue weighted by molar-refractivity contribution is 7.99. The van der Waals surface area contributed by atoms with Gasteiger partial charge in [-0.25, -0.2) is 8.42 Å². The topological polar surface area (TPSA) is 102 Å². The first-order valence-electron chi connectivity index (χ1n) is 8.71. The summed E-state index contributed by atoms with van der Waals surface area (Å²) < 4.78 is 30.5. The van der Waals surface area contributed by atoms with Gasteiger partial charge in [-0.15, -0.1) is 11.8 Å². The van der Waals surface area contributed by atoms with Crippen molar-refractivity contribution in [1.29, 1.82) is 0 Å². The number of ether oxygens (including phenoxy) is 1. The van der Waals surface area contributed by atoms with Crippen molar-refractivity contribution in [2.24, 2.45) is 0 Å². The zero-order valence-electron chi connectivity index (χ0n) is 15.5. The van der Waals surface area contributed by atoms with Gasteiger partial charge in [0.15, 0.2) is 9.84 Å². The Kier molecular flexibility index (Phi) is 6.71. The standard InChI is InChI=1S/C19H19ClN2O5S2/c1-27-16-4-2-12(20)10-14(16)21-19(24)7-9-29(25,26)13-3-5-17-15(11-13)22-18(23)6-8-28-17/h2-5,10-11H,6-9H2,1H3,(H,21,24)(H,22,23). The molecular formula is C19H19ClN2O5S2. The van der Waals surface area contributed by atoms with Crippen LogP contribution in [0.2, 0.25) is 5.02 Å². The van der Waals surface area contributed by atoms with Gasteiger partial charge in [0.2, 0.25) is 11.8 Å². The molecule has 0 bridgehead atoms. The van der Waals surface area contributed by atoms with Gasteiger partial charge < -0.3 is 15.4 Å². The minimum absolute atomic E-state index is 0.0622. The fourth-order valence-electron chi connectivity index (χ4n) is 2.73. The maximum Gasteiger partial charge on any atom is 0.225 e. The number of halogens is 1. The third-order valence-corrected chi connectivity index (χ3v) is 7.23. The zero-order chi connectivity index (χ0) is 21.0. The maximum atomic E-state index is 12.7. The molecule has 0 saturated heterocycles. The molecule has 3 rings (SSSR count). The molecule has 0 unspecified atom stereocenters. The number of benzene rings is 2. The molecule has 2 N–H and O–H groups in total. The van der Waals surface area contributed by atoms with E-state index in [2.05, 4.69) is 10.6 Å². The largest absolute Gasteiger partial charge is 0.495 e. The van der Waals surface area contributed by atoms with E-state index in [1.807, 2.05) is 0 Å². The summed E-state index contributed by atoms with van der Waals surface area (Å²) in [5.74, 6) is 0.0534. The van der Waals surface area contributed by atoms with E-state index in [9.17, 15) is 18.0 Å². The molecule has 0 aromatic heterocycles. The van der Waals surface area contributed by atoms with Gasteiger partial charge in [0.05, 0.1) is 29.1 Å². The molecule has 29 heavy (non-hydrogen) atoms. The van der Waals surface area contributed by atoms with E-state index in [4.69, 9.17) is 16.3 Å². The minimum atomic E-state index is -3.71. The van der Waals surface area contributed by atoms with Gasteiger partial charge in [0.1, 0.15) is 5.75 Å². The Balaban J connectivity index is 1.69. The molecule has 0 spiro atoms. The van der Waals surface area contributed by atoms with Gasteiger partial charge >= 0.3 is 0 Å². The normalized spacial score (nSPS) is 13.8. The number of hydrogen-bond acceptors (Lipinski definition) is 6. The Bertz CT molecular complexity index is 1060. The van der Waals surface area contributed by atoms with Gasteiger partial charge in [0.25, 0.3) is 0 Å². The van der Waals surface area contributed by atoms with Crippen molar-refractivity contribution in [1.82, 2.24) is 0 Å². The summed E-state index contributed by atoms with van der Waals surface area (Å²) in [7, 11) is -2.26. The van der Waals surface area contributed by atoms with Crippen LogP contribution < -0.4 is 15.4 Å². The van der Waals surface area contributed by atoms with Gasteiger partial charge in [-0.2, -0.15) is 0 Å². The predicted molar refractivity (Wildman–Crippen MR) is 114 cm³/mol. The monoisotopic (exact) mass is 454 g/mol. The van der Waals surface area contributed by atoms with Crippen LogP contribution in [0.4, 0.5) is 11.4 Å². The van der Waals surface area contributed by atoms with E-state index in [1.165, 1.54) is 37.1 Å². The minimum Gasteiger partial charge on any atom is -0.495 e. The Morgan fingerprint density at radius 3 is 2.83 bits per heavy atom. The van der Waals surface area contributed by atoms with Crippen molar-refractivity contribution in [2.45, 2.75) is 22.6 Å². The lowest BCUT2D eigenvalue weighted by molar-refractivity contribution is -0.116. The third kappa shape index (κ3) is 5.43. The molecule has 0 atom stereocenters. The summed E-state index contributed by atoms with van der Waals surface area (Å²) in [4.78, 5) is 24.9. The molecule has 2 aromatic carbocycles.